The Hall–Kier alpha value is -1.93. The fourth-order valence-electron chi connectivity index (χ4n) is 2.84. The molecule has 1 atom stereocenters. The lowest BCUT2D eigenvalue weighted by Gasteiger charge is -2.17. The second kappa shape index (κ2) is 4.81. The Bertz CT molecular complexity index is 729. The van der Waals surface area contributed by atoms with Gasteiger partial charge >= 0.3 is 0 Å². The number of hydrogen-bond acceptors (Lipinski definition) is 4. The van der Waals surface area contributed by atoms with Crippen LogP contribution in [0.25, 0.3) is 0 Å². The summed E-state index contributed by atoms with van der Waals surface area (Å²) in [6.45, 7) is 0.798. The molecule has 2 aliphatic rings. The lowest BCUT2D eigenvalue weighted by atomic mass is 10.1. The minimum atomic E-state index is -3.60. The third-order valence-corrected chi connectivity index (χ3v) is 4.70. The Kier molecular flexibility index (Phi) is 3.22. The summed E-state index contributed by atoms with van der Waals surface area (Å²) in [6.07, 6.45) is 0.152. The molecule has 3 rings (SSSR count). The van der Waals surface area contributed by atoms with Crippen LogP contribution in [-0.2, 0) is 21.4 Å². The van der Waals surface area contributed by atoms with E-state index in [1.807, 2.05) is 6.07 Å². The number of benzene rings is 1. The molecule has 1 unspecified atom stereocenters. The zero-order chi connectivity index (χ0) is 15.2. The summed E-state index contributed by atoms with van der Waals surface area (Å²) in [5, 5.41) is 7.74. The van der Waals surface area contributed by atoms with Gasteiger partial charge in [-0.05, 0) is 17.7 Å². The van der Waals surface area contributed by atoms with Crippen LogP contribution >= 0.6 is 0 Å². The van der Waals surface area contributed by atoms with E-state index in [0.29, 0.717) is 24.3 Å². The summed E-state index contributed by atoms with van der Waals surface area (Å²) < 4.78 is 22.3. The number of nitrogens with zero attached hydrogens (tertiary/aromatic N) is 1. The van der Waals surface area contributed by atoms with Crippen LogP contribution in [0.3, 0.4) is 0 Å². The van der Waals surface area contributed by atoms with Crippen LogP contribution in [0.5, 0.6) is 0 Å². The Morgan fingerprint density at radius 2 is 2.10 bits per heavy atom. The highest BCUT2D eigenvalue weighted by Gasteiger charge is 2.33. The number of primary sulfonamides is 1. The van der Waals surface area contributed by atoms with E-state index in [1.165, 1.54) is 4.90 Å². The zero-order valence-electron chi connectivity index (χ0n) is 11.2. The van der Waals surface area contributed by atoms with Gasteiger partial charge in [-0.1, -0.05) is 6.07 Å². The molecular weight excluding hydrogens is 294 g/mol. The van der Waals surface area contributed by atoms with Gasteiger partial charge in [-0.25, -0.2) is 13.6 Å². The first-order valence-corrected chi connectivity index (χ1v) is 8.27. The van der Waals surface area contributed by atoms with Crippen molar-refractivity contribution in [3.05, 3.63) is 29.3 Å². The number of nitrogens with two attached hydrogens (primary N) is 1. The average molecular weight is 309 g/mol. The van der Waals surface area contributed by atoms with Crippen molar-refractivity contribution in [2.75, 3.05) is 17.2 Å². The molecule has 112 valence electrons. The highest BCUT2D eigenvalue weighted by Crippen LogP contribution is 2.28. The molecule has 8 heteroatoms. The van der Waals surface area contributed by atoms with Gasteiger partial charge in [0.15, 0.2) is 0 Å². The summed E-state index contributed by atoms with van der Waals surface area (Å²) in [6, 6.07) is 5.26. The van der Waals surface area contributed by atoms with Gasteiger partial charge in [0, 0.05) is 36.7 Å². The Labute approximate surface area is 122 Å². The molecule has 1 aromatic carbocycles. The molecule has 0 radical (unpaired) electrons. The van der Waals surface area contributed by atoms with Crippen LogP contribution in [0.4, 0.5) is 5.69 Å². The van der Waals surface area contributed by atoms with Gasteiger partial charge in [-0.15, -0.1) is 0 Å². The van der Waals surface area contributed by atoms with Crippen LogP contribution in [0.15, 0.2) is 18.2 Å². The fourth-order valence-corrected chi connectivity index (χ4v) is 3.72. The lowest BCUT2D eigenvalue weighted by molar-refractivity contribution is -0.117. The molecule has 0 spiro atoms. The Morgan fingerprint density at radius 3 is 2.81 bits per heavy atom. The van der Waals surface area contributed by atoms with Crippen LogP contribution in [0.2, 0.25) is 0 Å². The third kappa shape index (κ3) is 2.77. The SMILES string of the molecule is NS(=O)(=O)CC1CC(=O)N(c2ccc3c(c2)C(=O)NC3)C1. The monoisotopic (exact) mass is 309 g/mol. The maximum atomic E-state index is 12.0. The van der Waals surface area contributed by atoms with Crippen molar-refractivity contribution in [2.24, 2.45) is 11.1 Å². The predicted octanol–water partition coefficient (Wildman–Crippen LogP) is -0.429. The number of anilines is 1. The second-order valence-corrected chi connectivity index (χ2v) is 7.09. The standard InChI is InChI=1S/C13H15N3O4S/c14-21(19,20)7-8-3-12(17)16(6-8)10-2-1-9-5-15-13(18)11(9)4-10/h1-2,4,8H,3,5-7H2,(H,15,18)(H2,14,19,20). The number of rotatable bonds is 3. The zero-order valence-corrected chi connectivity index (χ0v) is 12.0. The normalized spacial score (nSPS) is 21.6. The molecule has 0 bridgehead atoms. The highest BCUT2D eigenvalue weighted by molar-refractivity contribution is 7.89. The van der Waals surface area contributed by atoms with Crippen molar-refractivity contribution in [3.63, 3.8) is 0 Å². The van der Waals surface area contributed by atoms with Crippen LogP contribution in [0, 0.1) is 5.92 Å². The minimum Gasteiger partial charge on any atom is -0.348 e. The molecule has 2 amide bonds. The van der Waals surface area contributed by atoms with Crippen LogP contribution < -0.4 is 15.4 Å². The molecule has 2 heterocycles. The smallest absolute Gasteiger partial charge is 0.251 e. The lowest BCUT2D eigenvalue weighted by Crippen LogP contribution is -2.27. The third-order valence-electron chi connectivity index (χ3n) is 3.76. The molecule has 0 aromatic heterocycles. The number of carbonyl (C=O) groups is 2. The second-order valence-electron chi connectivity index (χ2n) is 5.43. The molecule has 7 nitrogen and oxygen atoms in total. The average Bonchev–Trinajstić information content (AvgIpc) is 2.91. The molecule has 1 fully saturated rings. The van der Waals surface area contributed by atoms with Crippen molar-refractivity contribution >= 4 is 27.5 Å². The molecule has 0 aliphatic carbocycles. The first-order chi connectivity index (χ1) is 9.83. The van der Waals surface area contributed by atoms with Gasteiger partial charge in [0.2, 0.25) is 15.9 Å². The number of carbonyl (C=O) groups excluding carboxylic acids is 2. The number of hydrogen-bond donors (Lipinski definition) is 2. The van der Waals surface area contributed by atoms with Gasteiger partial charge < -0.3 is 10.2 Å². The molecule has 21 heavy (non-hydrogen) atoms. The van der Waals surface area contributed by atoms with E-state index in [4.69, 9.17) is 5.14 Å². The summed E-state index contributed by atoms with van der Waals surface area (Å²) >= 11 is 0. The van der Waals surface area contributed by atoms with Crippen molar-refractivity contribution in [3.8, 4) is 0 Å². The number of fused-ring (bicyclic) bond motifs is 1. The molecule has 0 saturated carbocycles. The summed E-state index contributed by atoms with van der Waals surface area (Å²) in [4.78, 5) is 25.2. The number of sulfonamides is 1. The van der Waals surface area contributed by atoms with E-state index in [1.54, 1.807) is 12.1 Å². The maximum absolute atomic E-state index is 12.0. The summed E-state index contributed by atoms with van der Waals surface area (Å²) in [7, 11) is -3.60. The summed E-state index contributed by atoms with van der Waals surface area (Å²) in [5.41, 5.74) is 2.08. The Morgan fingerprint density at radius 1 is 1.33 bits per heavy atom. The van der Waals surface area contributed by atoms with Gasteiger partial charge in [0.25, 0.3) is 5.91 Å². The van der Waals surface area contributed by atoms with E-state index in [0.717, 1.165) is 5.56 Å². The van der Waals surface area contributed by atoms with E-state index in [-0.39, 0.29) is 29.9 Å². The topological polar surface area (TPSA) is 110 Å². The summed E-state index contributed by atoms with van der Waals surface area (Å²) in [5.74, 6) is -0.822. The number of nitrogens with one attached hydrogen (secondary N) is 1. The van der Waals surface area contributed by atoms with E-state index in [9.17, 15) is 18.0 Å². The molecule has 1 saturated heterocycles. The minimum absolute atomic E-state index is 0.151. The van der Waals surface area contributed by atoms with Gasteiger partial charge in [0.1, 0.15) is 0 Å². The van der Waals surface area contributed by atoms with Crippen molar-refractivity contribution in [1.82, 2.24) is 5.32 Å². The predicted molar refractivity (Wildman–Crippen MR) is 76.0 cm³/mol. The van der Waals surface area contributed by atoms with Gasteiger partial charge in [0.05, 0.1) is 5.75 Å². The van der Waals surface area contributed by atoms with Crippen molar-refractivity contribution in [1.29, 1.82) is 0 Å². The highest BCUT2D eigenvalue weighted by atomic mass is 32.2. The van der Waals surface area contributed by atoms with E-state index >= 15 is 0 Å². The molecule has 1 aromatic rings. The maximum Gasteiger partial charge on any atom is 0.251 e. The van der Waals surface area contributed by atoms with Crippen LogP contribution in [0.1, 0.15) is 22.3 Å². The van der Waals surface area contributed by atoms with Crippen molar-refractivity contribution < 1.29 is 18.0 Å². The van der Waals surface area contributed by atoms with E-state index in [2.05, 4.69) is 5.32 Å². The Balaban J connectivity index is 1.83. The largest absolute Gasteiger partial charge is 0.348 e. The van der Waals surface area contributed by atoms with Crippen LogP contribution in [-0.4, -0.2) is 32.5 Å². The van der Waals surface area contributed by atoms with E-state index < -0.39 is 10.0 Å². The quantitative estimate of drug-likeness (QED) is 0.789. The molecule has 3 N–H and O–H groups in total. The molecular formula is C13H15N3O4S. The van der Waals surface area contributed by atoms with Crippen molar-refractivity contribution in [2.45, 2.75) is 13.0 Å². The first kappa shape index (κ1) is 14.0. The van der Waals surface area contributed by atoms with Gasteiger partial charge in [-0.3, -0.25) is 9.59 Å². The fraction of sp³-hybridized carbons (Fsp3) is 0.385. The van der Waals surface area contributed by atoms with Gasteiger partial charge in [-0.2, -0.15) is 0 Å². The number of amides is 2. The first-order valence-electron chi connectivity index (χ1n) is 6.55. The molecule has 2 aliphatic heterocycles.